The molecule has 0 bridgehead atoms. The molecule has 0 aliphatic heterocycles. The zero-order valence-corrected chi connectivity index (χ0v) is 20.0. The van der Waals surface area contributed by atoms with Crippen LogP contribution in [0, 0.1) is 10.1 Å². The number of rotatable bonds is 10. The van der Waals surface area contributed by atoms with Crippen molar-refractivity contribution >= 4 is 17.6 Å². The summed E-state index contributed by atoms with van der Waals surface area (Å²) in [7, 11) is 0. The number of benzene rings is 4. The van der Waals surface area contributed by atoms with E-state index in [0.29, 0.717) is 5.56 Å². The molecule has 37 heavy (non-hydrogen) atoms. The highest BCUT2D eigenvalue weighted by Gasteiger charge is 2.39. The zero-order valence-electron chi connectivity index (χ0n) is 20.0. The Morgan fingerprint density at radius 2 is 1.19 bits per heavy atom. The number of non-ortho nitro benzene ring substituents is 1. The maximum atomic E-state index is 13.6. The summed E-state index contributed by atoms with van der Waals surface area (Å²) in [5.74, 6) is -1.61. The summed E-state index contributed by atoms with van der Waals surface area (Å²) in [5, 5.41) is 23.5. The summed E-state index contributed by atoms with van der Waals surface area (Å²) in [6.07, 6.45) is -0.0246. The number of carbonyl (C=O) groups excluding carboxylic acids is 1. The van der Waals surface area contributed by atoms with E-state index in [1.807, 2.05) is 91.0 Å². The Labute approximate surface area is 214 Å². The van der Waals surface area contributed by atoms with Gasteiger partial charge in [0.1, 0.15) is 6.04 Å². The van der Waals surface area contributed by atoms with Crippen LogP contribution in [0.4, 0.5) is 5.69 Å². The molecule has 0 saturated carbocycles. The molecule has 4 rings (SSSR count). The molecule has 186 valence electrons. The number of carboxylic acids is 1. The molecule has 1 amide bonds. The molecular weight excluding hydrogens is 468 g/mol. The van der Waals surface area contributed by atoms with Crippen LogP contribution >= 0.6 is 0 Å². The van der Waals surface area contributed by atoms with Crippen molar-refractivity contribution < 1.29 is 19.6 Å². The van der Waals surface area contributed by atoms with Gasteiger partial charge in [-0.25, -0.2) is 4.79 Å². The molecule has 4 aromatic rings. The van der Waals surface area contributed by atoms with Gasteiger partial charge in [-0.05, 0) is 22.3 Å². The molecule has 0 saturated heterocycles. The van der Waals surface area contributed by atoms with Gasteiger partial charge in [-0.2, -0.15) is 0 Å². The van der Waals surface area contributed by atoms with Crippen LogP contribution in [0.25, 0.3) is 0 Å². The molecule has 0 spiro atoms. The third-order valence-corrected chi connectivity index (χ3v) is 6.45. The molecule has 2 N–H and O–H groups in total. The molecule has 0 unspecified atom stereocenters. The lowest BCUT2D eigenvalue weighted by Crippen LogP contribution is -2.45. The van der Waals surface area contributed by atoms with Gasteiger partial charge in [0.2, 0.25) is 5.91 Å². The molecule has 0 fully saturated rings. The van der Waals surface area contributed by atoms with Crippen LogP contribution < -0.4 is 5.32 Å². The number of nitro benzene ring substituents is 1. The summed E-state index contributed by atoms with van der Waals surface area (Å²) < 4.78 is 0. The fourth-order valence-corrected chi connectivity index (χ4v) is 4.65. The average molecular weight is 495 g/mol. The van der Waals surface area contributed by atoms with Gasteiger partial charge in [0.15, 0.2) is 0 Å². The van der Waals surface area contributed by atoms with Gasteiger partial charge in [-0.3, -0.25) is 14.9 Å². The lowest BCUT2D eigenvalue weighted by molar-refractivity contribution is -0.384. The summed E-state index contributed by atoms with van der Waals surface area (Å²) in [6, 6.07) is 33.5. The van der Waals surface area contributed by atoms with E-state index in [2.05, 4.69) is 5.32 Å². The van der Waals surface area contributed by atoms with E-state index in [1.54, 1.807) is 0 Å². The molecule has 7 heteroatoms. The Balaban J connectivity index is 1.68. The lowest BCUT2D eigenvalue weighted by atomic mass is 9.67. The maximum absolute atomic E-state index is 13.6. The van der Waals surface area contributed by atoms with Crippen LogP contribution in [0.15, 0.2) is 115 Å². The fraction of sp³-hybridized carbons (Fsp3) is 0.133. The number of carboxylic acid groups (broad SMARTS) is 1. The van der Waals surface area contributed by atoms with Gasteiger partial charge < -0.3 is 10.4 Å². The van der Waals surface area contributed by atoms with E-state index in [1.165, 1.54) is 24.3 Å². The number of nitrogens with zero attached hydrogens (tertiary/aromatic N) is 1. The molecule has 0 aromatic heterocycles. The quantitative estimate of drug-likeness (QED) is 0.180. The van der Waals surface area contributed by atoms with E-state index < -0.39 is 28.3 Å². The SMILES string of the molecule is O=C(CC(c1ccccc1)(c1ccccc1)c1ccccc1)N[C@@H](Cc1ccc([N+](=O)[O-])cc1)C(=O)O. The first kappa shape index (κ1) is 25.3. The van der Waals surface area contributed by atoms with Gasteiger partial charge in [-0.15, -0.1) is 0 Å². The van der Waals surface area contributed by atoms with Gasteiger partial charge in [0.05, 0.1) is 10.3 Å². The second-order valence-electron chi connectivity index (χ2n) is 8.77. The van der Waals surface area contributed by atoms with Crippen LogP contribution in [0.2, 0.25) is 0 Å². The van der Waals surface area contributed by atoms with Crippen molar-refractivity contribution in [1.82, 2.24) is 5.32 Å². The molecule has 7 nitrogen and oxygen atoms in total. The summed E-state index contributed by atoms with van der Waals surface area (Å²) in [4.78, 5) is 36.0. The van der Waals surface area contributed by atoms with E-state index in [4.69, 9.17) is 0 Å². The van der Waals surface area contributed by atoms with Gasteiger partial charge >= 0.3 is 5.97 Å². The Bertz CT molecular complexity index is 1260. The van der Waals surface area contributed by atoms with E-state index in [9.17, 15) is 24.8 Å². The van der Waals surface area contributed by atoms with Crippen LogP contribution in [0.1, 0.15) is 28.7 Å². The van der Waals surface area contributed by atoms with Crippen molar-refractivity contribution in [3.05, 3.63) is 148 Å². The van der Waals surface area contributed by atoms with Crippen molar-refractivity contribution in [2.75, 3.05) is 0 Å². The number of carbonyl (C=O) groups is 2. The Morgan fingerprint density at radius 1 is 0.757 bits per heavy atom. The fourth-order valence-electron chi connectivity index (χ4n) is 4.65. The first-order valence-electron chi connectivity index (χ1n) is 11.8. The van der Waals surface area contributed by atoms with Gasteiger partial charge in [0, 0.05) is 25.0 Å². The minimum absolute atomic E-state index is 0.00587. The van der Waals surface area contributed by atoms with Crippen molar-refractivity contribution in [3.63, 3.8) is 0 Å². The molecule has 4 aromatic carbocycles. The largest absolute Gasteiger partial charge is 0.480 e. The van der Waals surface area contributed by atoms with E-state index in [-0.39, 0.29) is 18.5 Å². The maximum Gasteiger partial charge on any atom is 0.326 e. The standard InChI is InChI=1S/C30H26N2O5/c33-28(31-27(29(34)35)20-22-16-18-26(19-17-22)32(36)37)21-30(23-10-4-1-5-11-23,24-12-6-2-7-13-24)25-14-8-3-9-15-25/h1-19,27H,20-21H2,(H,31,33)(H,34,35)/t27-/m0/s1. The normalized spacial score (nSPS) is 11.9. The second-order valence-corrected chi connectivity index (χ2v) is 8.77. The molecule has 1 atom stereocenters. The van der Waals surface area contributed by atoms with Crippen molar-refractivity contribution in [2.24, 2.45) is 0 Å². The number of hydrogen-bond donors (Lipinski definition) is 2. The van der Waals surface area contributed by atoms with Gasteiger partial charge in [0.25, 0.3) is 5.69 Å². The molecular formula is C30H26N2O5. The number of aliphatic carboxylic acids is 1. The first-order chi connectivity index (χ1) is 17.9. The van der Waals surface area contributed by atoms with Crippen LogP contribution in [-0.2, 0) is 21.4 Å². The Morgan fingerprint density at radius 3 is 1.57 bits per heavy atom. The number of nitrogens with one attached hydrogen (secondary N) is 1. The smallest absolute Gasteiger partial charge is 0.326 e. The van der Waals surface area contributed by atoms with Crippen molar-refractivity contribution in [2.45, 2.75) is 24.3 Å². The summed E-state index contributed by atoms with van der Waals surface area (Å²) >= 11 is 0. The molecule has 0 aliphatic carbocycles. The zero-order chi connectivity index (χ0) is 26.3. The minimum Gasteiger partial charge on any atom is -0.480 e. The van der Waals surface area contributed by atoms with Crippen LogP contribution in [0.3, 0.4) is 0 Å². The highest BCUT2D eigenvalue weighted by molar-refractivity contribution is 5.85. The third kappa shape index (κ3) is 5.73. The van der Waals surface area contributed by atoms with Crippen molar-refractivity contribution in [3.8, 4) is 0 Å². The number of nitro groups is 1. The monoisotopic (exact) mass is 494 g/mol. The topological polar surface area (TPSA) is 110 Å². The first-order valence-corrected chi connectivity index (χ1v) is 11.8. The number of hydrogen-bond acceptors (Lipinski definition) is 4. The van der Waals surface area contributed by atoms with E-state index in [0.717, 1.165) is 16.7 Å². The molecule has 0 aliphatic rings. The lowest BCUT2D eigenvalue weighted by Gasteiger charge is -2.36. The Hall–Kier alpha value is -4.78. The van der Waals surface area contributed by atoms with Crippen LogP contribution in [-0.4, -0.2) is 27.9 Å². The van der Waals surface area contributed by atoms with Crippen LogP contribution in [0.5, 0.6) is 0 Å². The minimum atomic E-state index is -1.20. The number of amides is 1. The van der Waals surface area contributed by atoms with Gasteiger partial charge in [-0.1, -0.05) is 103 Å². The van der Waals surface area contributed by atoms with E-state index >= 15 is 0 Å². The highest BCUT2D eigenvalue weighted by Crippen LogP contribution is 2.42. The highest BCUT2D eigenvalue weighted by atomic mass is 16.6. The second kappa shape index (κ2) is 11.3. The molecule has 0 heterocycles. The summed E-state index contributed by atoms with van der Waals surface area (Å²) in [6.45, 7) is 0. The predicted molar refractivity (Wildman–Crippen MR) is 140 cm³/mol. The summed E-state index contributed by atoms with van der Waals surface area (Å²) in [5.41, 5.74) is 2.35. The average Bonchev–Trinajstić information content (AvgIpc) is 2.93. The predicted octanol–water partition coefficient (Wildman–Crippen LogP) is 5.13. The Kier molecular flexibility index (Phi) is 7.74. The third-order valence-electron chi connectivity index (χ3n) is 6.45. The van der Waals surface area contributed by atoms with Crippen molar-refractivity contribution in [1.29, 1.82) is 0 Å². The molecule has 0 radical (unpaired) electrons.